The molecule has 0 saturated heterocycles. The minimum Gasteiger partial charge on any atom is -0.469 e. The van der Waals surface area contributed by atoms with E-state index in [2.05, 4.69) is 48.5 Å². The number of carbonyl (C=O) groups excluding carboxylic acids is 2. The number of esters is 2. The van der Waals surface area contributed by atoms with Crippen molar-refractivity contribution in [1.82, 2.24) is 0 Å². The molecule has 0 aromatic rings. The monoisotopic (exact) mass is 574 g/mol. The number of fused-ring (bicyclic) bond motifs is 7. The van der Waals surface area contributed by atoms with Crippen LogP contribution in [-0.2, 0) is 19.1 Å². The zero-order valence-electron chi connectivity index (χ0n) is 27.0. The van der Waals surface area contributed by atoms with Crippen molar-refractivity contribution >= 4 is 11.9 Å². The third-order valence-electron chi connectivity index (χ3n) is 14.7. The molecule has 4 saturated carbocycles. The Morgan fingerprint density at radius 1 is 0.951 bits per heavy atom. The van der Waals surface area contributed by atoms with Gasteiger partial charge in [0, 0.05) is 18.3 Å². The summed E-state index contributed by atoms with van der Waals surface area (Å²) in [4.78, 5) is 25.8. The first-order valence-electron chi connectivity index (χ1n) is 15.8. The number of hydrogen-bond donors (Lipinski definition) is 3. The number of rotatable bonds is 2. The van der Waals surface area contributed by atoms with Gasteiger partial charge in [-0.1, -0.05) is 60.1 Å². The Hall–Kier alpha value is -1.44. The summed E-state index contributed by atoms with van der Waals surface area (Å²) in [6, 6.07) is 0. The van der Waals surface area contributed by atoms with Crippen LogP contribution in [0.4, 0.5) is 0 Å². The van der Waals surface area contributed by atoms with Crippen LogP contribution in [0.2, 0.25) is 0 Å². The molecule has 0 radical (unpaired) electrons. The predicted molar refractivity (Wildman–Crippen MR) is 155 cm³/mol. The molecule has 5 aliphatic carbocycles. The van der Waals surface area contributed by atoms with Crippen molar-refractivity contribution in [1.29, 1.82) is 0 Å². The summed E-state index contributed by atoms with van der Waals surface area (Å²) in [5.41, 5.74) is -3.66. The van der Waals surface area contributed by atoms with E-state index in [-0.39, 0.29) is 29.1 Å². The van der Waals surface area contributed by atoms with Crippen molar-refractivity contribution in [2.24, 2.45) is 50.2 Å². The second kappa shape index (κ2) is 9.04. The highest BCUT2D eigenvalue weighted by atomic mass is 16.6. The van der Waals surface area contributed by atoms with Crippen molar-refractivity contribution in [2.45, 2.75) is 131 Å². The van der Waals surface area contributed by atoms with Crippen molar-refractivity contribution < 1.29 is 34.4 Å². The molecule has 4 fully saturated rings. The van der Waals surface area contributed by atoms with E-state index < -0.39 is 57.0 Å². The van der Waals surface area contributed by atoms with Gasteiger partial charge in [0.05, 0.1) is 30.3 Å². The van der Waals surface area contributed by atoms with Gasteiger partial charge in [-0.2, -0.15) is 0 Å². The van der Waals surface area contributed by atoms with E-state index in [1.165, 1.54) is 14.0 Å². The van der Waals surface area contributed by atoms with E-state index in [1.807, 2.05) is 13.0 Å². The van der Waals surface area contributed by atoms with Crippen molar-refractivity contribution in [3.05, 3.63) is 11.6 Å². The molecule has 3 N–H and O–H groups in total. The molecule has 0 bridgehead atoms. The van der Waals surface area contributed by atoms with Gasteiger partial charge in [-0.15, -0.1) is 0 Å². The second-order valence-electron chi connectivity index (χ2n) is 16.3. The van der Waals surface area contributed by atoms with E-state index >= 15 is 0 Å². The Labute approximate surface area is 246 Å². The van der Waals surface area contributed by atoms with E-state index in [9.17, 15) is 24.9 Å². The number of aliphatic hydroxyl groups excluding tert-OH is 2. The molecule has 5 rings (SSSR count). The minimum atomic E-state index is -1.19. The lowest BCUT2D eigenvalue weighted by Gasteiger charge is -2.75. The molecular weight excluding hydrogens is 520 g/mol. The fraction of sp³-hybridized carbons (Fsp3) is 0.882. The number of aliphatic hydroxyl groups is 3. The third-order valence-corrected chi connectivity index (χ3v) is 14.7. The fourth-order valence-corrected chi connectivity index (χ4v) is 12.1. The Kier molecular flexibility index (Phi) is 6.84. The van der Waals surface area contributed by atoms with Crippen LogP contribution in [0.15, 0.2) is 11.6 Å². The molecule has 0 aromatic heterocycles. The standard InChI is InChI=1S/C34H54O7/c1-19-11-14-34(27(38)40-10)16-15-30(6)24(32(34,8)33(19,9)39)17-21(36)25-29(5)18-22(41-20(2)35)26(37)28(3,4)23(29)12-13-31(25,30)7/h17,19,21-23,25-26,36-37,39H,11-16,18H2,1-10H3/t19-,21-,22+,23+,25+,26+,29+,30-,31-,32-,33-,34-/m1/s1. The third kappa shape index (κ3) is 3.49. The normalized spacial score (nSPS) is 53.9. The van der Waals surface area contributed by atoms with Crippen molar-refractivity contribution in [3.8, 4) is 0 Å². The van der Waals surface area contributed by atoms with Crippen LogP contribution in [-0.4, -0.2) is 58.3 Å². The lowest BCUT2D eigenvalue weighted by atomic mass is 9.30. The highest BCUT2D eigenvalue weighted by Crippen LogP contribution is 2.79. The van der Waals surface area contributed by atoms with Gasteiger partial charge in [0.1, 0.15) is 6.10 Å². The summed E-state index contributed by atoms with van der Waals surface area (Å²) in [5, 5.41) is 36.1. The molecule has 0 spiro atoms. The summed E-state index contributed by atoms with van der Waals surface area (Å²) in [6.45, 7) is 18.4. The topological polar surface area (TPSA) is 113 Å². The number of methoxy groups -OCH3 is 1. The van der Waals surface area contributed by atoms with Gasteiger partial charge in [0.25, 0.3) is 0 Å². The highest BCUT2D eigenvalue weighted by molar-refractivity contribution is 5.80. The zero-order chi connectivity index (χ0) is 30.8. The Morgan fingerprint density at radius 2 is 1.59 bits per heavy atom. The summed E-state index contributed by atoms with van der Waals surface area (Å²) >= 11 is 0. The van der Waals surface area contributed by atoms with Gasteiger partial charge in [-0.3, -0.25) is 9.59 Å². The van der Waals surface area contributed by atoms with E-state index in [1.54, 1.807) is 0 Å². The summed E-state index contributed by atoms with van der Waals surface area (Å²) in [5.74, 6) is -0.743. The van der Waals surface area contributed by atoms with Crippen molar-refractivity contribution in [2.75, 3.05) is 7.11 Å². The van der Waals surface area contributed by atoms with Crippen LogP contribution in [0.3, 0.4) is 0 Å². The SMILES string of the molecule is COC(=O)[C@]12CC[C@@H](C)[C@@](C)(O)[C@@]1(C)C1=C[C@@H](O)[C@H]3[C@@]4(C)C[C@H](OC(C)=O)[C@H](O)C(C)(C)[C@@H]4CC[C@@]3(C)[C@]1(C)CC2. The first kappa shape index (κ1) is 31.0. The van der Waals surface area contributed by atoms with Crippen LogP contribution in [0, 0.1) is 50.2 Å². The number of ether oxygens (including phenoxy) is 2. The highest BCUT2D eigenvalue weighted by Gasteiger charge is 2.77. The Morgan fingerprint density at radius 3 is 2.17 bits per heavy atom. The summed E-state index contributed by atoms with van der Waals surface area (Å²) in [6.07, 6.45) is 4.72. The number of carbonyl (C=O) groups is 2. The van der Waals surface area contributed by atoms with Crippen LogP contribution < -0.4 is 0 Å². The average Bonchev–Trinajstić information content (AvgIpc) is 2.86. The van der Waals surface area contributed by atoms with Gasteiger partial charge in [-0.25, -0.2) is 0 Å². The van der Waals surface area contributed by atoms with Gasteiger partial charge in [-0.05, 0) is 85.4 Å². The molecular formula is C34H54O7. The first-order valence-corrected chi connectivity index (χ1v) is 15.8. The van der Waals surface area contributed by atoms with Crippen molar-refractivity contribution in [3.63, 3.8) is 0 Å². The minimum absolute atomic E-state index is 0.0328. The van der Waals surface area contributed by atoms with E-state index in [0.29, 0.717) is 19.3 Å². The summed E-state index contributed by atoms with van der Waals surface area (Å²) < 4.78 is 11.2. The maximum Gasteiger partial charge on any atom is 0.312 e. The Balaban J connectivity index is 1.72. The molecule has 5 aliphatic rings. The second-order valence-corrected chi connectivity index (χ2v) is 16.3. The molecule has 0 heterocycles. The van der Waals surface area contributed by atoms with Gasteiger partial charge < -0.3 is 24.8 Å². The van der Waals surface area contributed by atoms with E-state index in [0.717, 1.165) is 31.3 Å². The molecule has 41 heavy (non-hydrogen) atoms. The zero-order valence-corrected chi connectivity index (χ0v) is 27.0. The lowest BCUT2D eigenvalue weighted by molar-refractivity contribution is -0.265. The van der Waals surface area contributed by atoms with Crippen LogP contribution >= 0.6 is 0 Å². The van der Waals surface area contributed by atoms with Gasteiger partial charge in [0.2, 0.25) is 0 Å². The van der Waals surface area contributed by atoms with E-state index in [4.69, 9.17) is 9.47 Å². The molecule has 0 aromatic carbocycles. The van der Waals surface area contributed by atoms with Gasteiger partial charge >= 0.3 is 11.9 Å². The van der Waals surface area contributed by atoms with Gasteiger partial charge in [0.15, 0.2) is 0 Å². The predicted octanol–water partition coefficient (Wildman–Crippen LogP) is 5.20. The van der Waals surface area contributed by atoms with Crippen LogP contribution in [0.5, 0.6) is 0 Å². The summed E-state index contributed by atoms with van der Waals surface area (Å²) in [7, 11) is 1.44. The molecule has 232 valence electrons. The quantitative estimate of drug-likeness (QED) is 0.307. The molecule has 0 unspecified atom stereocenters. The first-order chi connectivity index (χ1) is 18.7. The largest absolute Gasteiger partial charge is 0.469 e. The molecule has 0 amide bonds. The molecule has 12 atom stereocenters. The Bertz CT molecular complexity index is 1160. The maximum atomic E-state index is 13.7. The molecule has 7 nitrogen and oxygen atoms in total. The number of hydrogen-bond acceptors (Lipinski definition) is 7. The maximum absolute atomic E-state index is 13.7. The fourth-order valence-electron chi connectivity index (χ4n) is 12.1. The van der Waals surface area contributed by atoms with Crippen LogP contribution in [0.25, 0.3) is 0 Å². The van der Waals surface area contributed by atoms with Crippen LogP contribution in [0.1, 0.15) is 107 Å². The lowest BCUT2D eigenvalue weighted by Crippen LogP contribution is -2.73. The molecule has 0 aliphatic heterocycles. The smallest absolute Gasteiger partial charge is 0.312 e. The average molecular weight is 575 g/mol. The molecule has 7 heteroatoms.